The number of pyridine rings is 1. The van der Waals surface area contributed by atoms with E-state index in [1.807, 2.05) is 19.1 Å². The van der Waals surface area contributed by atoms with Gasteiger partial charge in [0.25, 0.3) is 5.91 Å². The molecule has 0 saturated heterocycles. The van der Waals surface area contributed by atoms with Gasteiger partial charge >= 0.3 is 0 Å². The number of rotatable bonds is 4. The van der Waals surface area contributed by atoms with Crippen LogP contribution < -0.4 is 5.32 Å². The van der Waals surface area contributed by atoms with Crippen LogP contribution in [0.25, 0.3) is 11.3 Å². The highest BCUT2D eigenvalue weighted by Gasteiger charge is 2.65. The summed E-state index contributed by atoms with van der Waals surface area (Å²) in [7, 11) is 0. The van der Waals surface area contributed by atoms with E-state index in [0.29, 0.717) is 5.69 Å². The highest BCUT2D eigenvalue weighted by Crippen LogP contribution is 2.69. The first-order chi connectivity index (χ1) is 16.2. The first-order valence-electron chi connectivity index (χ1n) is 11.8. The van der Waals surface area contributed by atoms with Crippen LogP contribution in [0.3, 0.4) is 0 Å². The van der Waals surface area contributed by atoms with Gasteiger partial charge in [0.15, 0.2) is 0 Å². The smallest absolute Gasteiger partial charge is 0.270 e. The molecule has 1 amide bonds. The highest BCUT2D eigenvalue weighted by atomic mass is 19.1. The minimum absolute atomic E-state index is 0.130. The van der Waals surface area contributed by atoms with Crippen molar-refractivity contribution in [3.63, 3.8) is 0 Å². The summed E-state index contributed by atoms with van der Waals surface area (Å²) in [6.07, 6.45) is 3.69. The number of hydrogen-bond acceptors (Lipinski definition) is 4. The fraction of sp³-hybridized carbons (Fsp3) is 0.407. The van der Waals surface area contributed by atoms with E-state index in [-0.39, 0.29) is 34.0 Å². The molecule has 3 aromatic rings. The van der Waals surface area contributed by atoms with E-state index in [0.717, 1.165) is 42.6 Å². The third-order valence-electron chi connectivity index (χ3n) is 8.44. The molecule has 1 N–H and O–H groups in total. The first-order valence-corrected chi connectivity index (χ1v) is 11.8. The minimum Gasteiger partial charge on any atom is -0.346 e. The largest absolute Gasteiger partial charge is 0.346 e. The lowest BCUT2D eigenvalue weighted by Crippen LogP contribution is -2.39. The molecule has 2 bridgehead atoms. The van der Waals surface area contributed by atoms with Gasteiger partial charge in [-0.15, -0.1) is 5.10 Å². The zero-order valence-corrected chi connectivity index (χ0v) is 19.5. The van der Waals surface area contributed by atoms with Crippen molar-refractivity contribution in [2.24, 2.45) is 5.41 Å². The molecule has 0 spiro atoms. The van der Waals surface area contributed by atoms with Crippen LogP contribution in [0, 0.1) is 17.0 Å². The maximum atomic E-state index is 14.5. The summed E-state index contributed by atoms with van der Waals surface area (Å²) in [6, 6.07) is 11.2. The number of hydrogen-bond donors (Lipinski definition) is 1. The van der Waals surface area contributed by atoms with Crippen molar-refractivity contribution in [3.05, 3.63) is 76.7 Å². The van der Waals surface area contributed by atoms with Crippen LogP contribution in [0.4, 0.5) is 8.78 Å². The molecule has 5 nitrogen and oxygen atoms in total. The number of fused-ring (bicyclic) bond motifs is 5. The summed E-state index contributed by atoms with van der Waals surface area (Å²) in [6.45, 7) is 6.42. The Morgan fingerprint density at radius 1 is 1.00 bits per heavy atom. The number of nitrogens with one attached hydrogen (secondary N) is 1. The Bertz CT molecular complexity index is 1330. The number of nitrogens with zero attached hydrogens (tertiary/aromatic N) is 3. The van der Waals surface area contributed by atoms with E-state index in [1.54, 1.807) is 12.1 Å². The van der Waals surface area contributed by atoms with Gasteiger partial charge in [-0.3, -0.25) is 4.79 Å². The molecule has 0 radical (unpaired) electrons. The third kappa shape index (κ3) is 2.82. The second kappa shape index (κ2) is 6.90. The standard InChI is InChI=1S/C27H26F2N4O/c1-25(2)16-10-11-27(25,21-9-5-8-19(30-21)24(34)31-26(3)12-13-26)23-15(16)14-20(32-33-23)22-17(28)6-4-7-18(22)29/h4-9,14,16H,10-13H2,1-3H3,(H,31,34)/t16-,27-/m0/s1. The number of benzene rings is 1. The lowest BCUT2D eigenvalue weighted by atomic mass is 9.66. The molecule has 2 saturated carbocycles. The summed E-state index contributed by atoms with van der Waals surface area (Å²) in [4.78, 5) is 17.7. The molecule has 2 atom stereocenters. The predicted octanol–water partition coefficient (Wildman–Crippen LogP) is 5.30. The molecular formula is C27H26F2N4O. The normalized spacial score (nSPS) is 25.1. The molecule has 0 unspecified atom stereocenters. The van der Waals surface area contributed by atoms with Crippen molar-refractivity contribution >= 4 is 5.91 Å². The molecule has 2 fully saturated rings. The van der Waals surface area contributed by atoms with Crippen LogP contribution in [0.2, 0.25) is 0 Å². The minimum atomic E-state index is -0.656. The van der Waals surface area contributed by atoms with Crippen molar-refractivity contribution in [1.29, 1.82) is 0 Å². The number of carbonyl (C=O) groups is 1. The van der Waals surface area contributed by atoms with Gasteiger partial charge in [-0.25, -0.2) is 13.8 Å². The number of aromatic nitrogens is 3. The van der Waals surface area contributed by atoms with E-state index in [2.05, 4.69) is 29.4 Å². The number of halogens is 2. The Kier molecular flexibility index (Phi) is 4.33. The Labute approximate surface area is 197 Å². The Morgan fingerprint density at radius 2 is 1.71 bits per heavy atom. The number of carbonyl (C=O) groups excluding carboxylic acids is 1. The molecule has 6 rings (SSSR count). The maximum Gasteiger partial charge on any atom is 0.270 e. The van der Waals surface area contributed by atoms with Gasteiger partial charge in [0, 0.05) is 5.54 Å². The van der Waals surface area contributed by atoms with Crippen LogP contribution in [0.15, 0.2) is 42.5 Å². The van der Waals surface area contributed by atoms with E-state index in [4.69, 9.17) is 4.98 Å². The van der Waals surface area contributed by atoms with Gasteiger partial charge in [0.05, 0.1) is 28.1 Å². The average Bonchev–Trinajstić information content (AvgIpc) is 3.42. The molecule has 3 aliphatic carbocycles. The van der Waals surface area contributed by atoms with Crippen LogP contribution in [0.1, 0.15) is 79.8 Å². The molecular weight excluding hydrogens is 434 g/mol. The summed E-state index contributed by atoms with van der Waals surface area (Å²) in [5.41, 5.74) is 2.10. The first kappa shape index (κ1) is 21.3. The molecule has 3 aliphatic rings. The average molecular weight is 461 g/mol. The Balaban J connectivity index is 1.46. The van der Waals surface area contributed by atoms with Crippen molar-refractivity contribution in [2.75, 3.05) is 0 Å². The lowest BCUT2D eigenvalue weighted by Gasteiger charge is -2.37. The third-order valence-corrected chi connectivity index (χ3v) is 8.44. The maximum absolute atomic E-state index is 14.5. The van der Waals surface area contributed by atoms with E-state index < -0.39 is 17.0 Å². The topological polar surface area (TPSA) is 67.8 Å². The van der Waals surface area contributed by atoms with Crippen LogP contribution in [-0.4, -0.2) is 26.6 Å². The van der Waals surface area contributed by atoms with Crippen molar-refractivity contribution < 1.29 is 13.6 Å². The van der Waals surface area contributed by atoms with Crippen LogP contribution in [0.5, 0.6) is 0 Å². The van der Waals surface area contributed by atoms with Gasteiger partial charge < -0.3 is 5.32 Å². The van der Waals surface area contributed by atoms with Gasteiger partial charge in [0.1, 0.15) is 17.3 Å². The predicted molar refractivity (Wildman–Crippen MR) is 123 cm³/mol. The second-order valence-corrected chi connectivity index (χ2v) is 10.8. The Morgan fingerprint density at radius 3 is 2.41 bits per heavy atom. The van der Waals surface area contributed by atoms with Crippen molar-refractivity contribution in [2.45, 2.75) is 63.3 Å². The zero-order chi connectivity index (χ0) is 23.9. The van der Waals surface area contributed by atoms with Gasteiger partial charge in [0.2, 0.25) is 0 Å². The van der Waals surface area contributed by atoms with Gasteiger partial charge in [-0.2, -0.15) is 5.10 Å². The van der Waals surface area contributed by atoms with E-state index in [1.165, 1.54) is 18.2 Å². The molecule has 0 aliphatic heterocycles. The Hall–Kier alpha value is -3.22. The van der Waals surface area contributed by atoms with Gasteiger partial charge in [-0.05, 0) is 79.8 Å². The van der Waals surface area contributed by atoms with E-state index >= 15 is 0 Å². The molecule has 174 valence electrons. The summed E-state index contributed by atoms with van der Waals surface area (Å²) < 4.78 is 28.9. The lowest BCUT2D eigenvalue weighted by molar-refractivity contribution is 0.0929. The van der Waals surface area contributed by atoms with Crippen molar-refractivity contribution in [1.82, 2.24) is 20.5 Å². The highest BCUT2D eigenvalue weighted by molar-refractivity contribution is 5.93. The molecule has 2 aromatic heterocycles. The molecule has 1 aromatic carbocycles. The van der Waals surface area contributed by atoms with Crippen molar-refractivity contribution in [3.8, 4) is 11.3 Å². The molecule has 2 heterocycles. The van der Waals surface area contributed by atoms with Crippen LogP contribution >= 0.6 is 0 Å². The fourth-order valence-corrected chi connectivity index (χ4v) is 6.21. The fourth-order valence-electron chi connectivity index (χ4n) is 6.21. The monoisotopic (exact) mass is 460 g/mol. The second-order valence-electron chi connectivity index (χ2n) is 10.8. The van der Waals surface area contributed by atoms with Crippen LogP contribution in [-0.2, 0) is 5.41 Å². The molecule has 7 heteroatoms. The van der Waals surface area contributed by atoms with Gasteiger partial charge in [-0.1, -0.05) is 26.0 Å². The quantitative estimate of drug-likeness (QED) is 0.574. The van der Waals surface area contributed by atoms with E-state index in [9.17, 15) is 13.6 Å². The molecule has 34 heavy (non-hydrogen) atoms. The zero-order valence-electron chi connectivity index (χ0n) is 19.5. The SMILES string of the molecule is CC1(NC(=O)c2cccc([C@@]34CC[C@@H](c5cc(-c6c(F)cccc6F)nnc53)C4(C)C)n2)CC1. The summed E-state index contributed by atoms with van der Waals surface area (Å²) in [5, 5.41) is 11.9. The summed E-state index contributed by atoms with van der Waals surface area (Å²) >= 11 is 0. The summed E-state index contributed by atoms with van der Waals surface area (Å²) in [5.74, 6) is -1.33. The number of amides is 1.